The van der Waals surface area contributed by atoms with Crippen molar-refractivity contribution in [1.29, 1.82) is 0 Å². The third-order valence-corrected chi connectivity index (χ3v) is 3.19. The zero-order chi connectivity index (χ0) is 16.7. The van der Waals surface area contributed by atoms with E-state index in [2.05, 4.69) is 24.4 Å². The maximum atomic E-state index is 11.6. The van der Waals surface area contributed by atoms with E-state index in [1.54, 1.807) is 24.3 Å². The number of phenols is 1. The lowest BCUT2D eigenvalue weighted by molar-refractivity contribution is -0.123. The third kappa shape index (κ3) is 5.47. The van der Waals surface area contributed by atoms with E-state index >= 15 is 0 Å². The van der Waals surface area contributed by atoms with Crippen LogP contribution in [0.5, 0.6) is 11.5 Å². The molecule has 0 unspecified atom stereocenters. The van der Waals surface area contributed by atoms with Gasteiger partial charge in [-0.15, -0.1) is 0 Å². The van der Waals surface area contributed by atoms with Crippen molar-refractivity contribution in [1.82, 2.24) is 5.43 Å². The van der Waals surface area contributed by atoms with Crippen molar-refractivity contribution >= 4 is 12.1 Å². The van der Waals surface area contributed by atoms with E-state index in [0.29, 0.717) is 17.2 Å². The average molecular weight is 312 g/mol. The molecule has 23 heavy (non-hydrogen) atoms. The molecule has 120 valence electrons. The second kappa shape index (κ2) is 7.98. The van der Waals surface area contributed by atoms with Crippen molar-refractivity contribution in [3.05, 3.63) is 59.7 Å². The van der Waals surface area contributed by atoms with E-state index in [9.17, 15) is 9.90 Å². The molecule has 0 aliphatic rings. The summed E-state index contributed by atoms with van der Waals surface area (Å²) in [7, 11) is 0. The number of nitrogens with one attached hydrogen (secondary N) is 1. The van der Waals surface area contributed by atoms with Crippen LogP contribution in [-0.4, -0.2) is 23.8 Å². The first-order chi connectivity index (χ1) is 11.0. The second-order valence-corrected chi connectivity index (χ2v) is 5.40. The maximum Gasteiger partial charge on any atom is 0.277 e. The van der Waals surface area contributed by atoms with E-state index in [1.165, 1.54) is 11.8 Å². The molecule has 5 nitrogen and oxygen atoms in total. The Morgan fingerprint density at radius 1 is 1.26 bits per heavy atom. The Bertz CT molecular complexity index is 679. The van der Waals surface area contributed by atoms with Gasteiger partial charge in [0.05, 0.1) is 6.21 Å². The van der Waals surface area contributed by atoms with E-state index in [0.717, 1.165) is 0 Å². The number of amides is 1. The van der Waals surface area contributed by atoms with Crippen LogP contribution in [0.25, 0.3) is 0 Å². The number of ether oxygens (including phenoxy) is 1. The number of nitrogens with zero attached hydrogens (tertiary/aromatic N) is 1. The SMILES string of the molecule is CC(C)c1ccc(OCC(=O)N/N=C/c2cccc(O)c2)cc1. The zero-order valence-corrected chi connectivity index (χ0v) is 13.2. The highest BCUT2D eigenvalue weighted by Gasteiger charge is 2.03. The number of benzene rings is 2. The Morgan fingerprint density at radius 3 is 2.65 bits per heavy atom. The molecule has 0 aromatic heterocycles. The van der Waals surface area contributed by atoms with Gasteiger partial charge >= 0.3 is 0 Å². The Kier molecular flexibility index (Phi) is 5.74. The van der Waals surface area contributed by atoms with Crippen LogP contribution in [0.2, 0.25) is 0 Å². The first-order valence-corrected chi connectivity index (χ1v) is 7.38. The van der Waals surface area contributed by atoms with Crippen LogP contribution in [0.15, 0.2) is 53.6 Å². The Hall–Kier alpha value is -2.82. The predicted molar refractivity (Wildman–Crippen MR) is 89.9 cm³/mol. The second-order valence-electron chi connectivity index (χ2n) is 5.40. The number of rotatable bonds is 6. The summed E-state index contributed by atoms with van der Waals surface area (Å²) in [6, 6.07) is 14.2. The van der Waals surface area contributed by atoms with E-state index < -0.39 is 0 Å². The summed E-state index contributed by atoms with van der Waals surface area (Å²) in [6.07, 6.45) is 1.45. The van der Waals surface area contributed by atoms with Crippen molar-refractivity contribution in [2.24, 2.45) is 5.10 Å². The Morgan fingerprint density at radius 2 is 2.00 bits per heavy atom. The van der Waals surface area contributed by atoms with Gasteiger partial charge in [0, 0.05) is 0 Å². The van der Waals surface area contributed by atoms with E-state index in [1.807, 2.05) is 24.3 Å². The number of carbonyl (C=O) groups is 1. The predicted octanol–water partition coefficient (Wildman–Crippen LogP) is 3.04. The molecule has 0 aliphatic carbocycles. The van der Waals surface area contributed by atoms with Gasteiger partial charge in [-0.25, -0.2) is 5.43 Å². The minimum atomic E-state index is -0.352. The fourth-order valence-corrected chi connectivity index (χ4v) is 1.91. The molecule has 0 saturated carbocycles. The molecule has 2 aromatic carbocycles. The summed E-state index contributed by atoms with van der Waals surface area (Å²) in [5.74, 6) is 0.892. The Balaban J connectivity index is 1.78. The normalized spacial score (nSPS) is 10.9. The van der Waals surface area contributed by atoms with Gasteiger partial charge < -0.3 is 9.84 Å². The molecule has 0 atom stereocenters. The van der Waals surface area contributed by atoms with Gasteiger partial charge in [0.25, 0.3) is 5.91 Å². The zero-order valence-electron chi connectivity index (χ0n) is 13.2. The summed E-state index contributed by atoms with van der Waals surface area (Å²) >= 11 is 0. The molecule has 0 aliphatic heterocycles. The minimum absolute atomic E-state index is 0.113. The minimum Gasteiger partial charge on any atom is -0.508 e. The molecule has 2 aromatic rings. The molecule has 0 spiro atoms. The first kappa shape index (κ1) is 16.5. The molecule has 0 fully saturated rings. The van der Waals surface area contributed by atoms with Crippen molar-refractivity contribution < 1.29 is 14.6 Å². The largest absolute Gasteiger partial charge is 0.508 e. The van der Waals surface area contributed by atoms with Crippen LogP contribution in [0, 0.1) is 0 Å². The molecule has 2 rings (SSSR count). The maximum absolute atomic E-state index is 11.6. The van der Waals surface area contributed by atoms with Crippen LogP contribution >= 0.6 is 0 Å². The summed E-state index contributed by atoms with van der Waals surface area (Å²) < 4.78 is 5.40. The summed E-state index contributed by atoms with van der Waals surface area (Å²) in [6.45, 7) is 4.12. The molecule has 0 heterocycles. The van der Waals surface area contributed by atoms with Crippen LogP contribution in [0.1, 0.15) is 30.9 Å². The molecule has 5 heteroatoms. The van der Waals surface area contributed by atoms with Crippen LogP contribution in [0.4, 0.5) is 0 Å². The highest BCUT2D eigenvalue weighted by Crippen LogP contribution is 2.18. The molecule has 1 amide bonds. The third-order valence-electron chi connectivity index (χ3n) is 3.19. The number of phenolic OH excluding ortho intramolecular Hbond substituents is 1. The monoisotopic (exact) mass is 312 g/mol. The lowest BCUT2D eigenvalue weighted by Crippen LogP contribution is -2.24. The highest BCUT2D eigenvalue weighted by molar-refractivity contribution is 5.83. The highest BCUT2D eigenvalue weighted by atomic mass is 16.5. The van der Waals surface area contributed by atoms with Gasteiger partial charge in [-0.1, -0.05) is 38.1 Å². The fourth-order valence-electron chi connectivity index (χ4n) is 1.91. The molecule has 0 radical (unpaired) electrons. The van der Waals surface area contributed by atoms with Crippen molar-refractivity contribution in [2.45, 2.75) is 19.8 Å². The lowest BCUT2D eigenvalue weighted by atomic mass is 10.0. The van der Waals surface area contributed by atoms with Crippen molar-refractivity contribution in [3.63, 3.8) is 0 Å². The van der Waals surface area contributed by atoms with E-state index in [4.69, 9.17) is 4.74 Å². The molecule has 2 N–H and O–H groups in total. The average Bonchev–Trinajstić information content (AvgIpc) is 2.53. The number of hydrogen-bond acceptors (Lipinski definition) is 4. The number of hydrogen-bond donors (Lipinski definition) is 2. The van der Waals surface area contributed by atoms with Crippen molar-refractivity contribution in [2.75, 3.05) is 6.61 Å². The van der Waals surface area contributed by atoms with Gasteiger partial charge in [-0.2, -0.15) is 5.10 Å². The van der Waals surface area contributed by atoms with Crippen molar-refractivity contribution in [3.8, 4) is 11.5 Å². The van der Waals surface area contributed by atoms with E-state index in [-0.39, 0.29) is 18.3 Å². The van der Waals surface area contributed by atoms with Crippen LogP contribution < -0.4 is 10.2 Å². The first-order valence-electron chi connectivity index (χ1n) is 7.38. The number of carbonyl (C=O) groups excluding carboxylic acids is 1. The topological polar surface area (TPSA) is 70.9 Å². The number of aromatic hydroxyl groups is 1. The molecular weight excluding hydrogens is 292 g/mol. The Labute approximate surface area is 135 Å². The van der Waals surface area contributed by atoms with Gasteiger partial charge in [0.1, 0.15) is 11.5 Å². The molecule has 0 saturated heterocycles. The standard InChI is InChI=1S/C18H20N2O3/c1-13(2)15-6-8-17(9-7-15)23-12-18(22)20-19-11-14-4-3-5-16(21)10-14/h3-11,13,21H,12H2,1-2H3,(H,20,22)/b19-11+. The summed E-state index contributed by atoms with van der Waals surface area (Å²) in [4.78, 5) is 11.6. The molecule has 0 bridgehead atoms. The smallest absolute Gasteiger partial charge is 0.277 e. The van der Waals surface area contributed by atoms with Crippen LogP contribution in [0.3, 0.4) is 0 Å². The molecular formula is C18H20N2O3. The summed E-state index contributed by atoms with van der Waals surface area (Å²) in [5.41, 5.74) is 4.28. The van der Waals surface area contributed by atoms with Gasteiger partial charge in [-0.05, 0) is 41.3 Å². The quantitative estimate of drug-likeness (QED) is 0.636. The lowest BCUT2D eigenvalue weighted by Gasteiger charge is -2.08. The summed E-state index contributed by atoms with van der Waals surface area (Å²) in [5, 5.41) is 13.1. The van der Waals surface area contributed by atoms with Gasteiger partial charge in [0.2, 0.25) is 0 Å². The fraction of sp³-hybridized carbons (Fsp3) is 0.222. The van der Waals surface area contributed by atoms with Gasteiger partial charge in [-0.3, -0.25) is 4.79 Å². The van der Waals surface area contributed by atoms with Gasteiger partial charge in [0.15, 0.2) is 6.61 Å². The number of hydrazone groups is 1. The van der Waals surface area contributed by atoms with Crippen LogP contribution in [-0.2, 0) is 4.79 Å².